The molecule has 25 heavy (non-hydrogen) atoms. The monoisotopic (exact) mass is 350 g/mol. The molecule has 142 valence electrons. The van der Waals surface area contributed by atoms with Gasteiger partial charge in [0.15, 0.2) is 6.23 Å². The van der Waals surface area contributed by atoms with Crippen LogP contribution in [0, 0.1) is 0 Å². The molecule has 2 rings (SSSR count). The van der Waals surface area contributed by atoms with E-state index in [1.54, 1.807) is 17.0 Å². The SMILES string of the molecule is CC.CC.CC(OC(=O)N1CC=C(c2ccc(O)cc2)CC1)N(C)C. The van der Waals surface area contributed by atoms with Crippen molar-refractivity contribution in [2.75, 3.05) is 27.2 Å². The Morgan fingerprint density at radius 3 is 2.16 bits per heavy atom. The second kappa shape index (κ2) is 12.4. The van der Waals surface area contributed by atoms with Crippen LogP contribution in [0.15, 0.2) is 30.3 Å². The van der Waals surface area contributed by atoms with Crippen molar-refractivity contribution in [2.45, 2.75) is 47.3 Å². The predicted molar refractivity (Wildman–Crippen MR) is 105 cm³/mol. The molecule has 1 atom stereocenters. The highest BCUT2D eigenvalue weighted by molar-refractivity contribution is 5.72. The van der Waals surface area contributed by atoms with Crippen LogP contribution in [0.3, 0.4) is 0 Å². The first-order valence-corrected chi connectivity index (χ1v) is 9.08. The van der Waals surface area contributed by atoms with E-state index < -0.39 is 0 Å². The van der Waals surface area contributed by atoms with Crippen molar-refractivity contribution < 1.29 is 14.6 Å². The molecule has 1 aromatic rings. The fourth-order valence-corrected chi connectivity index (χ4v) is 2.10. The smallest absolute Gasteiger partial charge is 0.411 e. The third-order valence-electron chi connectivity index (χ3n) is 3.70. The van der Waals surface area contributed by atoms with E-state index in [1.807, 2.05) is 71.8 Å². The third-order valence-corrected chi connectivity index (χ3v) is 3.70. The third kappa shape index (κ3) is 7.61. The summed E-state index contributed by atoms with van der Waals surface area (Å²) in [5, 5.41) is 9.31. The maximum atomic E-state index is 12.0. The standard InChI is InChI=1S/C16H22N2O3.2C2H6/c1-12(17(2)3)21-16(20)18-10-8-14(9-11-18)13-4-6-15(19)7-5-13;2*1-2/h4-8,12,19H,9-11H2,1-3H3;2*1-2H3. The first-order chi connectivity index (χ1) is 12.0. The summed E-state index contributed by atoms with van der Waals surface area (Å²) in [5.74, 6) is 0.262. The molecule has 0 aliphatic carbocycles. The Bertz CT molecular complexity index is 524. The summed E-state index contributed by atoms with van der Waals surface area (Å²) >= 11 is 0. The number of ether oxygens (including phenoxy) is 1. The average molecular weight is 351 g/mol. The van der Waals surface area contributed by atoms with Crippen LogP contribution in [0.1, 0.15) is 46.6 Å². The molecular formula is C20H34N2O3. The second-order valence-corrected chi connectivity index (χ2v) is 5.42. The maximum Gasteiger partial charge on any atom is 0.411 e. The van der Waals surface area contributed by atoms with Crippen molar-refractivity contribution in [3.63, 3.8) is 0 Å². The van der Waals surface area contributed by atoms with E-state index in [4.69, 9.17) is 4.74 Å². The van der Waals surface area contributed by atoms with Gasteiger partial charge in [-0.15, -0.1) is 0 Å². The molecule has 0 radical (unpaired) electrons. The van der Waals surface area contributed by atoms with E-state index in [-0.39, 0.29) is 18.1 Å². The summed E-state index contributed by atoms with van der Waals surface area (Å²) in [6, 6.07) is 7.14. The molecular weight excluding hydrogens is 316 g/mol. The maximum absolute atomic E-state index is 12.0. The van der Waals surface area contributed by atoms with Gasteiger partial charge in [-0.2, -0.15) is 0 Å². The van der Waals surface area contributed by atoms with Gasteiger partial charge in [0.05, 0.1) is 0 Å². The summed E-state index contributed by atoms with van der Waals surface area (Å²) in [7, 11) is 3.74. The zero-order valence-corrected chi connectivity index (χ0v) is 16.7. The number of nitrogens with zero attached hydrogens (tertiary/aromatic N) is 2. The number of benzene rings is 1. The summed E-state index contributed by atoms with van der Waals surface area (Å²) in [6.45, 7) is 11.0. The number of hydrogen-bond donors (Lipinski definition) is 1. The number of carbonyl (C=O) groups excluding carboxylic acids is 1. The molecule has 0 saturated heterocycles. The minimum atomic E-state index is -0.280. The molecule has 1 aromatic carbocycles. The first kappa shape index (κ1) is 23.0. The lowest BCUT2D eigenvalue weighted by Crippen LogP contribution is -2.39. The molecule has 5 nitrogen and oxygen atoms in total. The fourth-order valence-electron chi connectivity index (χ4n) is 2.10. The van der Waals surface area contributed by atoms with Crippen molar-refractivity contribution in [3.05, 3.63) is 35.9 Å². The molecule has 0 bridgehead atoms. The average Bonchev–Trinajstić information content (AvgIpc) is 2.65. The number of carbonyl (C=O) groups is 1. The van der Waals surface area contributed by atoms with Crippen LogP contribution in [0.5, 0.6) is 5.75 Å². The Morgan fingerprint density at radius 2 is 1.72 bits per heavy atom. The van der Waals surface area contributed by atoms with Crippen LogP contribution in [0.2, 0.25) is 0 Å². The zero-order chi connectivity index (χ0) is 19.4. The van der Waals surface area contributed by atoms with E-state index in [1.165, 1.54) is 5.57 Å². The molecule has 1 N–H and O–H groups in total. The lowest BCUT2D eigenvalue weighted by molar-refractivity contribution is 0.00760. The quantitative estimate of drug-likeness (QED) is 0.811. The lowest BCUT2D eigenvalue weighted by Gasteiger charge is -2.29. The highest BCUT2D eigenvalue weighted by Gasteiger charge is 2.21. The molecule has 1 heterocycles. The summed E-state index contributed by atoms with van der Waals surface area (Å²) in [5.41, 5.74) is 2.28. The molecule has 0 spiro atoms. The van der Waals surface area contributed by atoms with E-state index in [9.17, 15) is 9.90 Å². The Kier molecular flexibility index (Phi) is 11.4. The van der Waals surface area contributed by atoms with Gasteiger partial charge >= 0.3 is 6.09 Å². The molecule has 5 heteroatoms. The van der Waals surface area contributed by atoms with Gasteiger partial charge in [0.1, 0.15) is 5.75 Å². The van der Waals surface area contributed by atoms with Crippen LogP contribution < -0.4 is 0 Å². The number of phenolic OH excluding ortho intramolecular Hbond substituents is 1. The Balaban J connectivity index is 0.00000134. The lowest BCUT2D eigenvalue weighted by atomic mass is 10.00. The molecule has 1 unspecified atom stereocenters. The summed E-state index contributed by atoms with van der Waals surface area (Å²) < 4.78 is 5.36. The molecule has 0 aromatic heterocycles. The van der Waals surface area contributed by atoms with Crippen molar-refractivity contribution in [1.82, 2.24) is 9.80 Å². The van der Waals surface area contributed by atoms with Gasteiger partial charge in [-0.25, -0.2) is 4.79 Å². The van der Waals surface area contributed by atoms with Crippen LogP contribution >= 0.6 is 0 Å². The summed E-state index contributed by atoms with van der Waals surface area (Å²) in [6.07, 6.45) is 2.31. The number of amides is 1. The van der Waals surface area contributed by atoms with Gasteiger partial charge in [0.25, 0.3) is 0 Å². The van der Waals surface area contributed by atoms with Gasteiger partial charge in [-0.1, -0.05) is 45.9 Å². The highest BCUT2D eigenvalue weighted by Crippen LogP contribution is 2.24. The fraction of sp³-hybridized carbons (Fsp3) is 0.550. The second-order valence-electron chi connectivity index (χ2n) is 5.42. The molecule has 0 saturated carbocycles. The van der Waals surface area contributed by atoms with Crippen molar-refractivity contribution in [3.8, 4) is 5.75 Å². The molecule has 1 aliphatic heterocycles. The van der Waals surface area contributed by atoms with Crippen LogP contribution in [0.4, 0.5) is 4.79 Å². The predicted octanol–water partition coefficient (Wildman–Crippen LogP) is 4.58. The Labute approximate surface area is 152 Å². The molecule has 1 amide bonds. The van der Waals surface area contributed by atoms with Gasteiger partial charge in [0.2, 0.25) is 0 Å². The molecule has 0 fully saturated rings. The topological polar surface area (TPSA) is 53.0 Å². The van der Waals surface area contributed by atoms with E-state index in [0.29, 0.717) is 13.1 Å². The van der Waals surface area contributed by atoms with E-state index in [2.05, 4.69) is 0 Å². The van der Waals surface area contributed by atoms with Crippen LogP contribution in [0.25, 0.3) is 5.57 Å². The van der Waals surface area contributed by atoms with Crippen molar-refractivity contribution >= 4 is 11.7 Å². The number of rotatable bonds is 3. The van der Waals surface area contributed by atoms with Gasteiger partial charge in [-0.3, -0.25) is 4.90 Å². The number of hydrogen-bond acceptors (Lipinski definition) is 4. The number of aromatic hydroxyl groups is 1. The summed E-state index contributed by atoms with van der Waals surface area (Å²) in [4.78, 5) is 15.6. The highest BCUT2D eigenvalue weighted by atomic mass is 16.6. The zero-order valence-electron chi connectivity index (χ0n) is 16.7. The van der Waals surface area contributed by atoms with Crippen molar-refractivity contribution in [2.24, 2.45) is 0 Å². The van der Waals surface area contributed by atoms with Gasteiger partial charge < -0.3 is 14.7 Å². The molecule has 1 aliphatic rings. The number of phenols is 1. The van der Waals surface area contributed by atoms with E-state index >= 15 is 0 Å². The first-order valence-electron chi connectivity index (χ1n) is 9.08. The minimum absolute atomic E-state index is 0.236. The van der Waals surface area contributed by atoms with Gasteiger partial charge in [0, 0.05) is 13.1 Å². The van der Waals surface area contributed by atoms with Gasteiger partial charge in [-0.05, 0) is 50.7 Å². The van der Waals surface area contributed by atoms with Crippen molar-refractivity contribution in [1.29, 1.82) is 0 Å². The largest absolute Gasteiger partial charge is 0.508 e. The Morgan fingerprint density at radius 1 is 1.16 bits per heavy atom. The van der Waals surface area contributed by atoms with E-state index in [0.717, 1.165) is 12.0 Å². The minimum Gasteiger partial charge on any atom is -0.508 e. The van der Waals surface area contributed by atoms with Crippen LogP contribution in [-0.2, 0) is 4.74 Å². The Hall–Kier alpha value is -2.01. The normalized spacial score (nSPS) is 14.4. The van der Waals surface area contributed by atoms with Crippen LogP contribution in [-0.4, -0.2) is 54.4 Å².